The van der Waals surface area contributed by atoms with Crippen LogP contribution in [0.1, 0.15) is 45.4 Å². The molecule has 0 aromatic rings. The van der Waals surface area contributed by atoms with E-state index < -0.39 is 21.7 Å². The number of nitrogens with two attached hydrogens (primary N) is 1. The van der Waals surface area contributed by atoms with Crippen molar-refractivity contribution in [1.82, 2.24) is 10.0 Å². The minimum atomic E-state index is -3.55. The maximum absolute atomic E-state index is 12.0. The minimum Gasteiger partial charge on any atom is -0.354 e. The fourth-order valence-corrected chi connectivity index (χ4v) is 4.09. The molecule has 6 nitrogen and oxygen atoms in total. The van der Waals surface area contributed by atoms with Crippen molar-refractivity contribution in [2.24, 2.45) is 17.6 Å². The van der Waals surface area contributed by atoms with E-state index in [9.17, 15) is 13.2 Å². The lowest BCUT2D eigenvalue weighted by molar-refractivity contribution is -0.118. The van der Waals surface area contributed by atoms with Gasteiger partial charge in [-0.25, -0.2) is 13.1 Å². The normalized spacial score (nSPS) is 26.8. The molecule has 2 aliphatic carbocycles. The van der Waals surface area contributed by atoms with Crippen LogP contribution in [0.25, 0.3) is 0 Å². The van der Waals surface area contributed by atoms with Crippen molar-refractivity contribution in [3.05, 3.63) is 0 Å². The van der Waals surface area contributed by atoms with E-state index in [2.05, 4.69) is 17.0 Å². The van der Waals surface area contributed by atoms with Crippen molar-refractivity contribution >= 4 is 28.3 Å². The van der Waals surface area contributed by atoms with E-state index in [1.165, 1.54) is 0 Å². The van der Waals surface area contributed by atoms with Gasteiger partial charge in [0, 0.05) is 18.6 Å². The van der Waals surface area contributed by atoms with Crippen molar-refractivity contribution in [2.45, 2.75) is 57.5 Å². The summed E-state index contributed by atoms with van der Waals surface area (Å²) in [5.41, 5.74) is 5.87. The molecule has 22 heavy (non-hydrogen) atoms. The zero-order valence-corrected chi connectivity index (χ0v) is 14.7. The molecule has 0 aromatic heterocycles. The highest BCUT2D eigenvalue weighted by Crippen LogP contribution is 2.31. The molecular formula is C14H28ClN3O3S. The summed E-state index contributed by atoms with van der Waals surface area (Å²) in [6.45, 7) is 2.54. The maximum Gasteiger partial charge on any atom is 0.236 e. The second kappa shape index (κ2) is 8.47. The van der Waals surface area contributed by atoms with Crippen LogP contribution in [0.2, 0.25) is 0 Å². The van der Waals surface area contributed by atoms with Crippen LogP contribution in [0.15, 0.2) is 0 Å². The summed E-state index contributed by atoms with van der Waals surface area (Å²) >= 11 is 0. The van der Waals surface area contributed by atoms with Crippen LogP contribution in [0.4, 0.5) is 0 Å². The number of hydrogen-bond donors (Lipinski definition) is 3. The van der Waals surface area contributed by atoms with Gasteiger partial charge in [0.1, 0.15) is 5.75 Å². The summed E-state index contributed by atoms with van der Waals surface area (Å²) in [5, 5.41) is 2.62. The Labute approximate surface area is 139 Å². The number of nitrogens with one attached hydrogen (secondary N) is 2. The van der Waals surface area contributed by atoms with Gasteiger partial charge in [0.25, 0.3) is 0 Å². The van der Waals surface area contributed by atoms with Crippen molar-refractivity contribution in [1.29, 1.82) is 0 Å². The van der Waals surface area contributed by atoms with Crippen LogP contribution in [-0.4, -0.2) is 38.7 Å². The van der Waals surface area contributed by atoms with E-state index in [0.717, 1.165) is 38.5 Å². The van der Waals surface area contributed by atoms with Gasteiger partial charge < -0.3 is 11.1 Å². The van der Waals surface area contributed by atoms with Gasteiger partial charge >= 0.3 is 0 Å². The highest BCUT2D eigenvalue weighted by Gasteiger charge is 2.29. The Balaban J connectivity index is 0.00000242. The van der Waals surface area contributed by atoms with E-state index in [4.69, 9.17) is 5.73 Å². The summed E-state index contributed by atoms with van der Waals surface area (Å²) in [7, 11) is -3.55. The molecule has 0 spiro atoms. The molecule has 0 aliphatic heterocycles. The predicted octanol–water partition coefficient (Wildman–Crippen LogP) is 0.760. The molecule has 4 N–H and O–H groups in total. The van der Waals surface area contributed by atoms with Gasteiger partial charge in [-0.3, -0.25) is 4.79 Å². The Morgan fingerprint density at radius 1 is 1.18 bits per heavy atom. The third-order valence-corrected chi connectivity index (χ3v) is 5.78. The molecule has 0 bridgehead atoms. The SMILES string of the molecule is CC1CCC(NS(=O)(=O)CC(=O)NCC(N)C2CC2)CC1.Cl. The van der Waals surface area contributed by atoms with Crippen molar-refractivity contribution in [3.8, 4) is 0 Å². The molecule has 0 saturated heterocycles. The van der Waals surface area contributed by atoms with E-state index in [-0.39, 0.29) is 24.5 Å². The first-order valence-electron chi connectivity index (χ1n) is 7.88. The van der Waals surface area contributed by atoms with E-state index >= 15 is 0 Å². The minimum absolute atomic E-state index is 0. The summed E-state index contributed by atoms with van der Waals surface area (Å²) in [6, 6.07) is -0.0721. The molecule has 0 aromatic carbocycles. The maximum atomic E-state index is 12.0. The van der Waals surface area contributed by atoms with Gasteiger partial charge in [-0.1, -0.05) is 6.92 Å². The summed E-state index contributed by atoms with van der Waals surface area (Å²) in [6.07, 6.45) is 6.00. The first-order valence-corrected chi connectivity index (χ1v) is 9.53. The second-order valence-corrected chi connectivity index (χ2v) is 8.39. The Morgan fingerprint density at radius 3 is 2.32 bits per heavy atom. The Hall–Kier alpha value is -0.370. The third-order valence-electron chi connectivity index (χ3n) is 4.45. The molecule has 8 heteroatoms. The number of amides is 1. The largest absolute Gasteiger partial charge is 0.354 e. The van der Waals surface area contributed by atoms with Gasteiger partial charge in [0.2, 0.25) is 15.9 Å². The van der Waals surface area contributed by atoms with Gasteiger partial charge in [-0.05, 0) is 50.4 Å². The van der Waals surface area contributed by atoms with E-state index in [0.29, 0.717) is 18.4 Å². The third kappa shape index (κ3) is 6.81. The molecule has 1 atom stereocenters. The Kier molecular flexibility index (Phi) is 7.58. The summed E-state index contributed by atoms with van der Waals surface area (Å²) < 4.78 is 26.6. The summed E-state index contributed by atoms with van der Waals surface area (Å²) in [5.74, 6) is 0.182. The van der Waals surface area contributed by atoms with Crippen LogP contribution >= 0.6 is 12.4 Å². The predicted molar refractivity (Wildman–Crippen MR) is 89.3 cm³/mol. The number of carbonyl (C=O) groups is 1. The van der Waals surface area contributed by atoms with Gasteiger partial charge in [0.05, 0.1) is 0 Å². The molecule has 130 valence electrons. The van der Waals surface area contributed by atoms with Gasteiger partial charge in [-0.2, -0.15) is 0 Å². The van der Waals surface area contributed by atoms with Crippen LogP contribution in [0.3, 0.4) is 0 Å². The number of hydrogen-bond acceptors (Lipinski definition) is 4. The first-order chi connectivity index (χ1) is 9.85. The number of sulfonamides is 1. The smallest absolute Gasteiger partial charge is 0.236 e. The topological polar surface area (TPSA) is 101 Å². The molecule has 1 unspecified atom stereocenters. The van der Waals surface area contributed by atoms with Crippen molar-refractivity contribution < 1.29 is 13.2 Å². The van der Waals surface area contributed by atoms with Gasteiger partial charge in [0.15, 0.2) is 0 Å². The summed E-state index contributed by atoms with van der Waals surface area (Å²) in [4.78, 5) is 11.7. The second-order valence-electron chi connectivity index (χ2n) is 6.64. The molecule has 2 aliphatic rings. The zero-order valence-electron chi connectivity index (χ0n) is 13.1. The van der Waals surface area contributed by atoms with Crippen molar-refractivity contribution in [2.75, 3.05) is 12.3 Å². The van der Waals surface area contributed by atoms with Crippen LogP contribution in [0, 0.1) is 11.8 Å². The van der Waals surface area contributed by atoms with E-state index in [1.807, 2.05) is 0 Å². The molecule has 0 heterocycles. The Morgan fingerprint density at radius 2 is 1.77 bits per heavy atom. The fraction of sp³-hybridized carbons (Fsp3) is 0.929. The lowest BCUT2D eigenvalue weighted by Gasteiger charge is -2.26. The lowest BCUT2D eigenvalue weighted by atomic mass is 9.88. The fourth-order valence-electron chi connectivity index (χ4n) is 2.82. The molecule has 1 amide bonds. The van der Waals surface area contributed by atoms with Crippen LogP contribution in [0.5, 0.6) is 0 Å². The standard InChI is InChI=1S/C14H27N3O3S.ClH/c1-10-2-6-12(7-3-10)17-21(19,20)9-14(18)16-8-13(15)11-4-5-11;/h10-13,17H,2-9,15H2,1H3,(H,16,18);1H. The highest BCUT2D eigenvalue weighted by atomic mass is 35.5. The average Bonchev–Trinajstić information content (AvgIpc) is 3.22. The number of rotatable bonds is 7. The molecule has 2 rings (SSSR count). The molecule has 2 fully saturated rings. The van der Waals surface area contributed by atoms with Crippen LogP contribution < -0.4 is 15.8 Å². The molecular weight excluding hydrogens is 326 g/mol. The first kappa shape index (κ1) is 19.7. The van der Waals surface area contributed by atoms with Crippen LogP contribution in [-0.2, 0) is 14.8 Å². The number of halogens is 1. The molecule has 2 saturated carbocycles. The van der Waals surface area contributed by atoms with E-state index in [1.54, 1.807) is 0 Å². The lowest BCUT2D eigenvalue weighted by Crippen LogP contribution is -2.45. The highest BCUT2D eigenvalue weighted by molar-refractivity contribution is 7.90. The molecule has 0 radical (unpaired) electrons. The van der Waals surface area contributed by atoms with Gasteiger partial charge in [-0.15, -0.1) is 12.4 Å². The average molecular weight is 354 g/mol. The quantitative estimate of drug-likeness (QED) is 0.628. The number of carbonyl (C=O) groups excluding carboxylic acids is 1. The monoisotopic (exact) mass is 353 g/mol. The Bertz CT molecular complexity index is 460. The van der Waals surface area contributed by atoms with Crippen molar-refractivity contribution in [3.63, 3.8) is 0 Å². The zero-order chi connectivity index (χ0) is 15.5.